The molecule has 7 nitrogen and oxygen atoms in total. The van der Waals surface area contributed by atoms with Gasteiger partial charge in [-0.1, -0.05) is 0 Å². The number of aryl methyl sites for hydroxylation is 1. The highest BCUT2D eigenvalue weighted by Gasteiger charge is 2.21. The maximum absolute atomic E-state index is 11.9. The van der Waals surface area contributed by atoms with E-state index >= 15 is 0 Å². The van der Waals surface area contributed by atoms with Crippen molar-refractivity contribution in [2.45, 2.75) is 13.5 Å². The van der Waals surface area contributed by atoms with E-state index in [0.717, 1.165) is 42.9 Å². The van der Waals surface area contributed by atoms with Gasteiger partial charge in [0.25, 0.3) is 0 Å². The number of nitrogens with zero attached hydrogens (tertiary/aromatic N) is 4. The molecule has 0 aliphatic carbocycles. The second-order valence-corrected chi connectivity index (χ2v) is 5.97. The van der Waals surface area contributed by atoms with Crippen molar-refractivity contribution in [2.24, 2.45) is 0 Å². The molecule has 3 rings (SSSR count). The summed E-state index contributed by atoms with van der Waals surface area (Å²) in [6.45, 7) is 6.22. The van der Waals surface area contributed by atoms with E-state index < -0.39 is 0 Å². The summed E-state index contributed by atoms with van der Waals surface area (Å²) in [6, 6.07) is 3.67. The lowest BCUT2D eigenvalue weighted by molar-refractivity contribution is -0.122. The van der Waals surface area contributed by atoms with Gasteiger partial charge in [-0.05, 0) is 19.1 Å². The molecule has 2 aromatic heterocycles. The van der Waals surface area contributed by atoms with Gasteiger partial charge in [0.1, 0.15) is 11.6 Å². The van der Waals surface area contributed by atoms with Crippen molar-refractivity contribution in [3.05, 3.63) is 30.0 Å². The smallest absolute Gasteiger partial charge is 0.234 e. The van der Waals surface area contributed by atoms with E-state index in [-0.39, 0.29) is 5.91 Å². The van der Waals surface area contributed by atoms with Gasteiger partial charge in [0, 0.05) is 37.7 Å². The number of aromatic nitrogens is 2. The Morgan fingerprint density at radius 3 is 2.86 bits per heavy atom. The van der Waals surface area contributed by atoms with Gasteiger partial charge < -0.3 is 14.6 Å². The minimum absolute atomic E-state index is 0.0246. The SMILES string of the molecule is Cc1nsc(N2CCN(CC(=O)NCc3ccco3)CC2)n1. The summed E-state index contributed by atoms with van der Waals surface area (Å²) >= 11 is 1.43. The number of carbonyl (C=O) groups is 1. The number of carbonyl (C=O) groups excluding carboxylic acids is 1. The van der Waals surface area contributed by atoms with Crippen LogP contribution in [0.5, 0.6) is 0 Å². The van der Waals surface area contributed by atoms with Crippen LogP contribution in [-0.2, 0) is 11.3 Å². The first-order chi connectivity index (χ1) is 10.7. The van der Waals surface area contributed by atoms with E-state index in [1.807, 2.05) is 19.1 Å². The first-order valence-corrected chi connectivity index (χ1v) is 8.05. The minimum Gasteiger partial charge on any atom is -0.467 e. The first kappa shape index (κ1) is 15.0. The maximum Gasteiger partial charge on any atom is 0.234 e. The maximum atomic E-state index is 11.9. The quantitative estimate of drug-likeness (QED) is 0.881. The molecular weight excluding hydrogens is 302 g/mol. The molecule has 0 bridgehead atoms. The lowest BCUT2D eigenvalue weighted by atomic mass is 10.3. The second-order valence-electron chi connectivity index (χ2n) is 5.24. The standard InChI is InChI=1S/C14H19N5O2S/c1-11-16-14(22-17-11)19-6-4-18(5-7-19)10-13(20)15-9-12-3-2-8-21-12/h2-3,8H,4-7,9-10H2,1H3,(H,15,20). The number of anilines is 1. The van der Waals surface area contributed by atoms with Crippen molar-refractivity contribution in [1.29, 1.82) is 0 Å². The molecule has 1 N–H and O–H groups in total. The largest absolute Gasteiger partial charge is 0.467 e. The molecule has 1 amide bonds. The Labute approximate surface area is 133 Å². The normalized spacial score (nSPS) is 16.0. The molecule has 0 radical (unpaired) electrons. The van der Waals surface area contributed by atoms with E-state index in [2.05, 4.69) is 24.5 Å². The highest BCUT2D eigenvalue weighted by molar-refractivity contribution is 7.09. The zero-order valence-electron chi connectivity index (χ0n) is 12.5. The number of furan rings is 1. The Morgan fingerprint density at radius 1 is 1.41 bits per heavy atom. The van der Waals surface area contributed by atoms with E-state index in [1.165, 1.54) is 11.5 Å². The summed E-state index contributed by atoms with van der Waals surface area (Å²) < 4.78 is 9.40. The number of piperazine rings is 1. The third-order valence-electron chi connectivity index (χ3n) is 3.57. The van der Waals surface area contributed by atoms with E-state index in [4.69, 9.17) is 4.42 Å². The van der Waals surface area contributed by atoms with Gasteiger partial charge in [-0.25, -0.2) is 4.98 Å². The Morgan fingerprint density at radius 2 is 2.23 bits per heavy atom. The van der Waals surface area contributed by atoms with Crippen LogP contribution in [-0.4, -0.2) is 52.9 Å². The fourth-order valence-electron chi connectivity index (χ4n) is 2.37. The summed E-state index contributed by atoms with van der Waals surface area (Å²) in [4.78, 5) is 20.7. The number of hydrogen-bond acceptors (Lipinski definition) is 7. The van der Waals surface area contributed by atoms with Crippen molar-refractivity contribution in [1.82, 2.24) is 19.6 Å². The topological polar surface area (TPSA) is 74.5 Å². The Balaban J connectivity index is 1.40. The fraction of sp³-hybridized carbons (Fsp3) is 0.500. The third-order valence-corrected chi connectivity index (χ3v) is 4.44. The van der Waals surface area contributed by atoms with Crippen LogP contribution in [0, 0.1) is 6.92 Å². The molecule has 0 spiro atoms. The lowest BCUT2D eigenvalue weighted by Gasteiger charge is -2.33. The van der Waals surface area contributed by atoms with Crippen LogP contribution in [0.2, 0.25) is 0 Å². The lowest BCUT2D eigenvalue weighted by Crippen LogP contribution is -2.49. The number of nitrogens with one attached hydrogen (secondary N) is 1. The predicted molar refractivity (Wildman–Crippen MR) is 83.9 cm³/mol. The zero-order chi connectivity index (χ0) is 15.4. The Hall–Kier alpha value is -1.93. The van der Waals surface area contributed by atoms with E-state index in [1.54, 1.807) is 6.26 Å². The number of rotatable bonds is 5. The predicted octanol–water partition coefficient (Wildman–Crippen LogP) is 0.878. The summed E-state index contributed by atoms with van der Waals surface area (Å²) in [6.07, 6.45) is 1.61. The summed E-state index contributed by atoms with van der Waals surface area (Å²) in [7, 11) is 0. The summed E-state index contributed by atoms with van der Waals surface area (Å²) in [5, 5.41) is 3.84. The average Bonchev–Trinajstić information content (AvgIpc) is 3.17. The van der Waals surface area contributed by atoms with Crippen LogP contribution in [0.15, 0.2) is 22.8 Å². The molecule has 3 heterocycles. The minimum atomic E-state index is 0.0246. The molecule has 118 valence electrons. The van der Waals surface area contributed by atoms with Gasteiger partial charge in [-0.2, -0.15) is 4.37 Å². The van der Waals surface area contributed by atoms with E-state index in [0.29, 0.717) is 13.1 Å². The molecule has 0 aromatic carbocycles. The molecule has 1 aliphatic rings. The molecule has 0 atom stereocenters. The average molecular weight is 321 g/mol. The summed E-state index contributed by atoms with van der Waals surface area (Å²) in [5.41, 5.74) is 0. The van der Waals surface area contributed by atoms with Crippen LogP contribution < -0.4 is 10.2 Å². The van der Waals surface area contributed by atoms with Crippen molar-refractivity contribution in [3.63, 3.8) is 0 Å². The second kappa shape index (κ2) is 6.89. The summed E-state index contributed by atoms with van der Waals surface area (Å²) in [5.74, 6) is 1.61. The highest BCUT2D eigenvalue weighted by Crippen LogP contribution is 2.18. The zero-order valence-corrected chi connectivity index (χ0v) is 13.3. The van der Waals surface area contributed by atoms with Crippen LogP contribution in [0.3, 0.4) is 0 Å². The molecule has 1 aliphatic heterocycles. The number of hydrogen-bond donors (Lipinski definition) is 1. The van der Waals surface area contributed by atoms with Gasteiger partial charge in [-0.3, -0.25) is 9.69 Å². The van der Waals surface area contributed by atoms with Crippen molar-refractivity contribution in [3.8, 4) is 0 Å². The molecule has 8 heteroatoms. The van der Waals surface area contributed by atoms with Crippen LogP contribution >= 0.6 is 11.5 Å². The molecule has 0 saturated carbocycles. The van der Waals surface area contributed by atoms with Crippen LogP contribution in [0.1, 0.15) is 11.6 Å². The monoisotopic (exact) mass is 321 g/mol. The van der Waals surface area contributed by atoms with Gasteiger partial charge in [-0.15, -0.1) is 0 Å². The molecular formula is C14H19N5O2S. The Kier molecular flexibility index (Phi) is 4.69. The molecule has 0 unspecified atom stereocenters. The first-order valence-electron chi connectivity index (χ1n) is 7.27. The molecule has 1 saturated heterocycles. The molecule has 22 heavy (non-hydrogen) atoms. The fourth-order valence-corrected chi connectivity index (χ4v) is 3.10. The number of amides is 1. The van der Waals surface area contributed by atoms with Crippen LogP contribution in [0.4, 0.5) is 5.13 Å². The Bertz CT molecular complexity index is 605. The molecule has 2 aromatic rings. The van der Waals surface area contributed by atoms with Gasteiger partial charge >= 0.3 is 0 Å². The molecule has 1 fully saturated rings. The van der Waals surface area contributed by atoms with Crippen molar-refractivity contribution < 1.29 is 9.21 Å². The van der Waals surface area contributed by atoms with Crippen molar-refractivity contribution in [2.75, 3.05) is 37.6 Å². The van der Waals surface area contributed by atoms with Gasteiger partial charge in [0.15, 0.2) is 0 Å². The van der Waals surface area contributed by atoms with Gasteiger partial charge in [0.2, 0.25) is 11.0 Å². The highest BCUT2D eigenvalue weighted by atomic mass is 32.1. The van der Waals surface area contributed by atoms with E-state index in [9.17, 15) is 4.79 Å². The third kappa shape index (κ3) is 3.83. The van der Waals surface area contributed by atoms with Crippen LogP contribution in [0.25, 0.3) is 0 Å². The van der Waals surface area contributed by atoms with Gasteiger partial charge in [0.05, 0.1) is 19.4 Å². The van der Waals surface area contributed by atoms with Crippen molar-refractivity contribution >= 4 is 22.6 Å².